The third-order valence-corrected chi connectivity index (χ3v) is 8.16. The van der Waals surface area contributed by atoms with Crippen LogP contribution in [0.3, 0.4) is 0 Å². The Labute approximate surface area is 269 Å². The monoisotopic (exact) mass is 631 g/mol. The molecule has 2 aromatic heterocycles. The molecule has 3 atom stereocenters. The molecule has 0 aliphatic carbocycles. The lowest BCUT2D eigenvalue weighted by molar-refractivity contribution is -0.134. The summed E-state index contributed by atoms with van der Waals surface area (Å²) >= 11 is 0. The fraction of sp³-hybridized carbons (Fsp3) is 0.471. The molecule has 3 heterocycles. The van der Waals surface area contributed by atoms with Gasteiger partial charge >= 0.3 is 0 Å². The van der Waals surface area contributed by atoms with Crippen LogP contribution in [0.2, 0.25) is 0 Å². The summed E-state index contributed by atoms with van der Waals surface area (Å²) in [6.07, 6.45) is 4.90. The SMILES string of the molecule is Cc1cccn2c(CC(=O)N3CCCNC(=O)[C@@H](C(C)C)NC(=O)[C@@H](C)NC(=O)[C@H](Cc4ccccc4)NC(=O)CCC3)cnc12. The third-order valence-electron chi connectivity index (χ3n) is 8.16. The number of imidazole rings is 1. The number of pyridine rings is 1. The summed E-state index contributed by atoms with van der Waals surface area (Å²) in [5.74, 6) is -2.01. The number of aryl methyl sites for hydroxylation is 1. The van der Waals surface area contributed by atoms with Gasteiger partial charge in [-0.25, -0.2) is 4.98 Å². The third kappa shape index (κ3) is 9.15. The summed E-state index contributed by atoms with van der Waals surface area (Å²) in [5.41, 5.74) is 3.40. The van der Waals surface area contributed by atoms with E-state index in [0.717, 1.165) is 22.5 Å². The van der Waals surface area contributed by atoms with Crippen molar-refractivity contribution >= 4 is 35.2 Å². The number of carbonyl (C=O) groups excluding carboxylic acids is 5. The first-order valence-corrected chi connectivity index (χ1v) is 15.9. The molecular weight excluding hydrogens is 586 g/mol. The van der Waals surface area contributed by atoms with Crippen LogP contribution >= 0.6 is 0 Å². The maximum Gasteiger partial charge on any atom is 0.243 e. The van der Waals surface area contributed by atoms with Crippen LogP contribution in [0.1, 0.15) is 56.9 Å². The van der Waals surface area contributed by atoms with E-state index in [0.29, 0.717) is 32.5 Å². The van der Waals surface area contributed by atoms with Crippen molar-refractivity contribution in [3.63, 3.8) is 0 Å². The second-order valence-electron chi connectivity index (χ2n) is 12.2. The Morgan fingerprint density at radius 1 is 0.935 bits per heavy atom. The van der Waals surface area contributed by atoms with E-state index in [1.165, 1.54) is 0 Å². The van der Waals surface area contributed by atoms with Crippen molar-refractivity contribution in [1.29, 1.82) is 0 Å². The van der Waals surface area contributed by atoms with Crippen molar-refractivity contribution in [3.05, 3.63) is 71.7 Å². The van der Waals surface area contributed by atoms with Crippen LogP contribution in [-0.4, -0.2) is 81.6 Å². The van der Waals surface area contributed by atoms with E-state index in [4.69, 9.17) is 0 Å². The molecule has 0 unspecified atom stereocenters. The van der Waals surface area contributed by atoms with Crippen LogP contribution in [0.5, 0.6) is 0 Å². The molecule has 1 aromatic carbocycles. The molecule has 12 heteroatoms. The number of aromatic nitrogens is 2. The number of fused-ring (bicyclic) bond motifs is 1. The molecule has 246 valence electrons. The summed E-state index contributed by atoms with van der Waals surface area (Å²) in [5, 5.41) is 11.2. The van der Waals surface area contributed by atoms with Crippen molar-refractivity contribution in [3.8, 4) is 0 Å². The number of benzene rings is 1. The van der Waals surface area contributed by atoms with Gasteiger partial charge < -0.3 is 30.6 Å². The van der Waals surface area contributed by atoms with E-state index in [9.17, 15) is 24.0 Å². The zero-order valence-corrected chi connectivity index (χ0v) is 27.0. The van der Waals surface area contributed by atoms with Gasteiger partial charge in [0.1, 0.15) is 23.8 Å². The lowest BCUT2D eigenvalue weighted by Gasteiger charge is -2.26. The van der Waals surface area contributed by atoms with Crippen LogP contribution in [0, 0.1) is 12.8 Å². The van der Waals surface area contributed by atoms with Gasteiger partial charge in [0.25, 0.3) is 0 Å². The number of nitrogens with zero attached hydrogens (tertiary/aromatic N) is 3. The van der Waals surface area contributed by atoms with Crippen molar-refractivity contribution in [2.45, 2.75) is 77.9 Å². The molecule has 0 bridgehead atoms. The van der Waals surface area contributed by atoms with E-state index >= 15 is 0 Å². The molecule has 0 spiro atoms. The zero-order valence-electron chi connectivity index (χ0n) is 27.0. The van der Waals surface area contributed by atoms with E-state index in [-0.39, 0.29) is 42.9 Å². The normalized spacial score (nSPS) is 21.2. The molecule has 3 aromatic rings. The second kappa shape index (κ2) is 16.0. The fourth-order valence-electron chi connectivity index (χ4n) is 5.50. The van der Waals surface area contributed by atoms with Gasteiger partial charge in [-0.3, -0.25) is 24.0 Å². The van der Waals surface area contributed by atoms with Gasteiger partial charge in [-0.05, 0) is 49.8 Å². The first kappa shape index (κ1) is 34.1. The molecule has 0 saturated carbocycles. The highest BCUT2D eigenvalue weighted by molar-refractivity contribution is 5.94. The molecule has 1 fully saturated rings. The van der Waals surface area contributed by atoms with Gasteiger partial charge in [0, 0.05) is 44.9 Å². The number of hydrogen-bond donors (Lipinski definition) is 4. The minimum Gasteiger partial charge on any atom is -0.354 e. The summed E-state index contributed by atoms with van der Waals surface area (Å²) in [6.45, 7) is 8.15. The lowest BCUT2D eigenvalue weighted by Crippen LogP contribution is -2.57. The predicted molar refractivity (Wildman–Crippen MR) is 174 cm³/mol. The van der Waals surface area contributed by atoms with Crippen LogP contribution in [0.4, 0.5) is 0 Å². The highest BCUT2D eigenvalue weighted by Crippen LogP contribution is 2.13. The largest absolute Gasteiger partial charge is 0.354 e. The number of hydrogen-bond acceptors (Lipinski definition) is 6. The molecule has 1 aliphatic heterocycles. The highest BCUT2D eigenvalue weighted by Gasteiger charge is 2.29. The van der Waals surface area contributed by atoms with Gasteiger partial charge in [0.05, 0.1) is 12.1 Å². The van der Waals surface area contributed by atoms with E-state index in [1.54, 1.807) is 18.0 Å². The number of rotatable bonds is 5. The average Bonchev–Trinajstić information content (AvgIpc) is 3.43. The van der Waals surface area contributed by atoms with Gasteiger partial charge in [-0.2, -0.15) is 0 Å². The Morgan fingerprint density at radius 2 is 1.67 bits per heavy atom. The Balaban J connectivity index is 1.52. The average molecular weight is 632 g/mol. The van der Waals surface area contributed by atoms with E-state index in [2.05, 4.69) is 26.3 Å². The summed E-state index contributed by atoms with van der Waals surface area (Å²) in [6, 6.07) is 10.5. The Hall–Kier alpha value is -4.74. The Morgan fingerprint density at radius 3 is 2.41 bits per heavy atom. The van der Waals surface area contributed by atoms with Crippen LogP contribution in [-0.2, 0) is 36.8 Å². The fourth-order valence-corrected chi connectivity index (χ4v) is 5.50. The molecule has 0 radical (unpaired) electrons. The molecule has 12 nitrogen and oxygen atoms in total. The van der Waals surface area contributed by atoms with Crippen LogP contribution in [0.15, 0.2) is 54.9 Å². The standard InChI is InChI=1S/C34H45N7O5/c1-22(2)30-34(46)35-15-10-17-40(29(43)20-26-21-36-31-23(3)11-8-18-41(26)31)16-9-14-28(42)38-27(19-25-12-6-5-7-13-25)33(45)37-24(4)32(44)39-30/h5-8,11-13,18,21-22,24,27,30H,9-10,14-17,19-20H2,1-4H3,(H,35,46)(H,37,45)(H,38,42)(H,39,44)/t24-,27+,30-/m1/s1. The highest BCUT2D eigenvalue weighted by atomic mass is 16.2. The number of carbonyl (C=O) groups is 5. The molecule has 1 aliphatic rings. The summed E-state index contributed by atoms with van der Waals surface area (Å²) in [4.78, 5) is 72.3. The van der Waals surface area contributed by atoms with Gasteiger partial charge in [0.2, 0.25) is 29.5 Å². The summed E-state index contributed by atoms with van der Waals surface area (Å²) < 4.78 is 1.91. The molecule has 4 rings (SSSR count). The second-order valence-corrected chi connectivity index (χ2v) is 12.2. The topological polar surface area (TPSA) is 154 Å². The molecule has 46 heavy (non-hydrogen) atoms. The van der Waals surface area contributed by atoms with E-state index < -0.39 is 29.9 Å². The lowest BCUT2D eigenvalue weighted by atomic mass is 10.0. The van der Waals surface area contributed by atoms with Crippen molar-refractivity contribution in [2.75, 3.05) is 19.6 Å². The van der Waals surface area contributed by atoms with Crippen LogP contribution in [0.25, 0.3) is 5.65 Å². The van der Waals surface area contributed by atoms with Gasteiger partial charge in [-0.15, -0.1) is 0 Å². The first-order valence-electron chi connectivity index (χ1n) is 15.9. The van der Waals surface area contributed by atoms with Gasteiger partial charge in [0.15, 0.2) is 0 Å². The maximum atomic E-state index is 13.6. The van der Waals surface area contributed by atoms with Gasteiger partial charge in [-0.1, -0.05) is 50.2 Å². The Bertz CT molecular complexity index is 1540. The predicted octanol–water partition coefficient (Wildman–Crippen LogP) is 1.69. The van der Waals surface area contributed by atoms with Crippen LogP contribution < -0.4 is 21.3 Å². The molecular formula is C34H45N7O5. The smallest absolute Gasteiger partial charge is 0.243 e. The van der Waals surface area contributed by atoms with E-state index in [1.807, 2.05) is 73.8 Å². The minimum absolute atomic E-state index is 0.0972. The molecule has 4 N–H and O–H groups in total. The zero-order chi connectivity index (χ0) is 33.2. The van der Waals surface area contributed by atoms with Crippen molar-refractivity contribution in [2.24, 2.45) is 5.92 Å². The first-order chi connectivity index (χ1) is 22.0. The summed E-state index contributed by atoms with van der Waals surface area (Å²) in [7, 11) is 0. The van der Waals surface area contributed by atoms with Crippen molar-refractivity contribution < 1.29 is 24.0 Å². The number of nitrogens with one attached hydrogen (secondary N) is 4. The quantitative estimate of drug-likeness (QED) is 0.336. The Kier molecular flexibility index (Phi) is 11.9. The van der Waals surface area contributed by atoms with Crippen molar-refractivity contribution in [1.82, 2.24) is 35.6 Å². The number of amides is 5. The minimum atomic E-state index is -0.938. The maximum absolute atomic E-state index is 13.6. The molecule has 5 amide bonds. The molecule has 1 saturated heterocycles.